The Morgan fingerprint density at radius 3 is 2.29 bits per heavy atom. The maximum Gasteiger partial charge on any atom is 0.434 e. The zero-order valence-corrected chi connectivity index (χ0v) is 21.9. The SMILES string of the molecule is CS(=O)(=O)C1(n2nncc2-c2ccc(Cl)cc2)CC(c2ccccc2)=CC(Cl)=C1n1cnc(C(F)(F)F)c1. The molecule has 1 atom stereocenters. The van der Waals surface area contributed by atoms with Crippen LogP contribution in [0.1, 0.15) is 17.7 Å². The van der Waals surface area contributed by atoms with Crippen molar-refractivity contribution in [3.63, 3.8) is 0 Å². The Bertz CT molecular complexity index is 1680. The molecule has 0 amide bonds. The number of allylic oxidation sites excluding steroid dienone is 3. The highest BCUT2D eigenvalue weighted by Gasteiger charge is 2.53. The molecular formula is C25H18Cl2F3N5O2S. The van der Waals surface area contributed by atoms with Crippen LogP contribution >= 0.6 is 23.2 Å². The molecule has 0 radical (unpaired) electrons. The van der Waals surface area contributed by atoms with Crippen LogP contribution in [0.4, 0.5) is 13.2 Å². The molecule has 0 aliphatic heterocycles. The van der Waals surface area contributed by atoms with Gasteiger partial charge < -0.3 is 4.57 Å². The third kappa shape index (κ3) is 4.44. The van der Waals surface area contributed by atoms with Crippen molar-refractivity contribution >= 4 is 44.3 Å². The molecule has 5 rings (SSSR count). The fraction of sp³-hybridized carbons (Fsp3) is 0.160. The van der Waals surface area contributed by atoms with Gasteiger partial charge in [0.05, 0.1) is 28.9 Å². The minimum absolute atomic E-state index is 0.0933. The number of alkyl halides is 3. The van der Waals surface area contributed by atoms with Gasteiger partial charge in [-0.15, -0.1) is 5.10 Å². The number of hydrogen-bond acceptors (Lipinski definition) is 5. The molecule has 2 aromatic carbocycles. The molecular weight excluding hydrogens is 562 g/mol. The highest BCUT2D eigenvalue weighted by Crippen LogP contribution is 2.50. The smallest absolute Gasteiger partial charge is 0.304 e. The normalized spacial score (nSPS) is 18.5. The molecule has 0 saturated heterocycles. The fourth-order valence-electron chi connectivity index (χ4n) is 4.51. The van der Waals surface area contributed by atoms with E-state index >= 15 is 0 Å². The Hall–Kier alpha value is -3.41. The number of nitrogens with zero attached hydrogens (tertiary/aromatic N) is 5. The van der Waals surface area contributed by atoms with Crippen molar-refractivity contribution in [3.8, 4) is 11.3 Å². The van der Waals surface area contributed by atoms with Crippen LogP contribution in [-0.2, 0) is 20.9 Å². The molecule has 1 unspecified atom stereocenters. The number of imidazole rings is 1. The van der Waals surface area contributed by atoms with E-state index in [2.05, 4.69) is 15.3 Å². The first kappa shape index (κ1) is 26.2. The third-order valence-electron chi connectivity index (χ3n) is 6.25. The second kappa shape index (κ2) is 9.40. The Morgan fingerprint density at radius 2 is 1.68 bits per heavy atom. The van der Waals surface area contributed by atoms with E-state index in [1.807, 2.05) is 0 Å². The highest BCUT2D eigenvalue weighted by atomic mass is 35.5. The lowest BCUT2D eigenvalue weighted by Gasteiger charge is -2.39. The van der Waals surface area contributed by atoms with Crippen molar-refractivity contribution in [2.45, 2.75) is 17.5 Å². The first-order valence-corrected chi connectivity index (χ1v) is 13.7. The van der Waals surface area contributed by atoms with Gasteiger partial charge in [0.15, 0.2) is 15.5 Å². The predicted molar refractivity (Wildman–Crippen MR) is 139 cm³/mol. The van der Waals surface area contributed by atoms with E-state index in [0.29, 0.717) is 33.6 Å². The van der Waals surface area contributed by atoms with Gasteiger partial charge in [0.1, 0.15) is 0 Å². The molecule has 13 heteroatoms. The number of benzene rings is 2. The molecule has 0 saturated carbocycles. The maximum absolute atomic E-state index is 13.9. The van der Waals surface area contributed by atoms with Gasteiger partial charge in [-0.2, -0.15) is 13.2 Å². The van der Waals surface area contributed by atoms with Crippen molar-refractivity contribution in [1.82, 2.24) is 24.5 Å². The minimum atomic E-state index is -4.76. The van der Waals surface area contributed by atoms with E-state index < -0.39 is 26.6 Å². The Labute approximate surface area is 225 Å². The van der Waals surface area contributed by atoms with Crippen LogP contribution in [0.25, 0.3) is 22.5 Å². The average Bonchev–Trinajstić information content (AvgIpc) is 3.54. The molecule has 0 fully saturated rings. The standard InChI is InChI=1S/C25H18Cl2F3N5O2S/c1-38(36,37)24(35-21(13-32-33-35)17-7-9-19(26)10-8-17)12-18(16-5-3-2-4-6-16)11-20(27)23(24)34-14-22(31-15-34)25(28,29)30/h2-11,13-15H,12H2,1H3. The second-order valence-corrected chi connectivity index (χ2v) is 11.7. The van der Waals surface area contributed by atoms with Crippen molar-refractivity contribution in [2.75, 3.05) is 6.26 Å². The van der Waals surface area contributed by atoms with Gasteiger partial charge in [-0.1, -0.05) is 70.9 Å². The van der Waals surface area contributed by atoms with E-state index in [1.165, 1.54) is 10.9 Å². The van der Waals surface area contributed by atoms with Gasteiger partial charge in [-0.25, -0.2) is 18.1 Å². The van der Waals surface area contributed by atoms with Crippen LogP contribution in [0.2, 0.25) is 5.02 Å². The first-order chi connectivity index (χ1) is 17.9. The van der Waals surface area contributed by atoms with E-state index in [4.69, 9.17) is 23.2 Å². The second-order valence-electron chi connectivity index (χ2n) is 8.67. The summed E-state index contributed by atoms with van der Waals surface area (Å²) in [4.78, 5) is 1.37. The Morgan fingerprint density at radius 1 is 1.00 bits per heavy atom. The first-order valence-electron chi connectivity index (χ1n) is 11.1. The van der Waals surface area contributed by atoms with Crippen molar-refractivity contribution in [2.24, 2.45) is 0 Å². The summed E-state index contributed by atoms with van der Waals surface area (Å²) in [7, 11) is -4.23. The van der Waals surface area contributed by atoms with Crippen molar-refractivity contribution < 1.29 is 21.6 Å². The summed E-state index contributed by atoms with van der Waals surface area (Å²) in [5, 5.41) is 8.49. The summed E-state index contributed by atoms with van der Waals surface area (Å²) >= 11 is 12.8. The molecule has 1 aliphatic carbocycles. The summed E-state index contributed by atoms with van der Waals surface area (Å²) < 4.78 is 70.3. The molecule has 4 aromatic rings. The predicted octanol–water partition coefficient (Wildman–Crippen LogP) is 6.11. The Kier molecular flexibility index (Phi) is 6.49. The quantitative estimate of drug-likeness (QED) is 0.285. The topological polar surface area (TPSA) is 82.7 Å². The van der Waals surface area contributed by atoms with Crippen molar-refractivity contribution in [1.29, 1.82) is 0 Å². The third-order valence-corrected chi connectivity index (χ3v) is 8.53. The molecule has 2 aromatic heterocycles. The average molecular weight is 580 g/mol. The van der Waals surface area contributed by atoms with Crippen LogP contribution < -0.4 is 0 Å². The summed E-state index contributed by atoms with van der Waals surface area (Å²) in [6.07, 6.45) is 0.538. The summed E-state index contributed by atoms with van der Waals surface area (Å²) in [6, 6.07) is 15.5. The maximum atomic E-state index is 13.9. The van der Waals surface area contributed by atoms with Gasteiger partial charge in [0.25, 0.3) is 0 Å². The lowest BCUT2D eigenvalue weighted by atomic mass is 9.91. The summed E-state index contributed by atoms with van der Waals surface area (Å²) in [5.74, 6) is 0. The largest absolute Gasteiger partial charge is 0.434 e. The van der Waals surface area contributed by atoms with E-state index in [-0.39, 0.29) is 17.2 Å². The molecule has 196 valence electrons. The lowest BCUT2D eigenvalue weighted by Crippen LogP contribution is -2.46. The van der Waals surface area contributed by atoms with Crippen LogP contribution in [0, 0.1) is 0 Å². The van der Waals surface area contributed by atoms with E-state index in [0.717, 1.165) is 17.2 Å². The van der Waals surface area contributed by atoms with Crippen LogP contribution in [-0.4, -0.2) is 39.2 Å². The molecule has 7 nitrogen and oxygen atoms in total. The summed E-state index contributed by atoms with van der Waals surface area (Å²) in [5.41, 5.74) is 0.692. The number of rotatable bonds is 5. The number of sulfone groups is 1. The highest BCUT2D eigenvalue weighted by molar-refractivity contribution is 7.91. The van der Waals surface area contributed by atoms with Gasteiger partial charge in [-0.05, 0) is 29.3 Å². The van der Waals surface area contributed by atoms with Gasteiger partial charge >= 0.3 is 6.18 Å². The molecule has 0 bridgehead atoms. The van der Waals surface area contributed by atoms with Crippen molar-refractivity contribution in [3.05, 3.63) is 101 Å². The summed E-state index contributed by atoms with van der Waals surface area (Å²) in [6.45, 7) is 0. The monoisotopic (exact) mass is 579 g/mol. The van der Waals surface area contributed by atoms with Gasteiger partial charge in [-0.3, -0.25) is 0 Å². The van der Waals surface area contributed by atoms with Gasteiger partial charge in [0.2, 0.25) is 4.87 Å². The molecule has 2 heterocycles. The zero-order valence-electron chi connectivity index (χ0n) is 19.6. The number of aromatic nitrogens is 5. The molecule has 38 heavy (non-hydrogen) atoms. The Balaban J connectivity index is 1.84. The molecule has 1 aliphatic rings. The zero-order chi connectivity index (χ0) is 27.3. The van der Waals surface area contributed by atoms with E-state index in [9.17, 15) is 21.6 Å². The van der Waals surface area contributed by atoms with Crippen LogP contribution in [0.15, 0.2) is 84.4 Å². The lowest BCUT2D eigenvalue weighted by molar-refractivity contribution is -0.140. The van der Waals surface area contributed by atoms with E-state index in [1.54, 1.807) is 60.7 Å². The molecule has 0 N–H and O–H groups in total. The minimum Gasteiger partial charge on any atom is -0.304 e. The fourth-order valence-corrected chi connectivity index (χ4v) is 6.51. The van der Waals surface area contributed by atoms with Gasteiger partial charge in [0, 0.05) is 29.5 Å². The number of hydrogen-bond donors (Lipinski definition) is 0. The molecule has 0 spiro atoms. The van der Waals surface area contributed by atoms with Crippen LogP contribution in [0.5, 0.6) is 0 Å². The number of halogens is 5. The van der Waals surface area contributed by atoms with Crippen LogP contribution in [0.3, 0.4) is 0 Å².